The molecule has 5 heteroatoms. The molecule has 0 radical (unpaired) electrons. The standard InChI is InChI=1S/C18H37N5/c1-17-7-15-23(16-8-17)14-6-10-21-18(19-2)20-9-5-13-22-11-3-4-12-22/h17H,3-16H2,1-2H3,(H2,19,20,21). The number of piperidine rings is 1. The van der Waals surface area contributed by atoms with Gasteiger partial charge in [-0.15, -0.1) is 0 Å². The quantitative estimate of drug-likeness (QED) is 0.406. The van der Waals surface area contributed by atoms with Gasteiger partial charge in [0, 0.05) is 20.1 Å². The summed E-state index contributed by atoms with van der Waals surface area (Å²) in [6.07, 6.45) is 7.90. The van der Waals surface area contributed by atoms with E-state index in [0.717, 1.165) is 25.0 Å². The highest BCUT2D eigenvalue weighted by Crippen LogP contribution is 2.15. The molecule has 2 rings (SSSR count). The Bertz CT molecular complexity index is 330. The normalized spacial score (nSPS) is 21.7. The van der Waals surface area contributed by atoms with Crippen LogP contribution in [0.1, 0.15) is 45.4 Å². The number of likely N-dealkylation sites (tertiary alicyclic amines) is 2. The van der Waals surface area contributed by atoms with Crippen molar-refractivity contribution in [1.82, 2.24) is 20.4 Å². The van der Waals surface area contributed by atoms with Crippen LogP contribution in [0.15, 0.2) is 4.99 Å². The summed E-state index contributed by atoms with van der Waals surface area (Å²) in [7, 11) is 1.86. The minimum atomic E-state index is 0.924. The highest BCUT2D eigenvalue weighted by Gasteiger charge is 2.14. The van der Waals surface area contributed by atoms with Gasteiger partial charge >= 0.3 is 0 Å². The summed E-state index contributed by atoms with van der Waals surface area (Å²) in [5.41, 5.74) is 0. The third-order valence-corrected chi connectivity index (χ3v) is 5.19. The van der Waals surface area contributed by atoms with Gasteiger partial charge in [0.1, 0.15) is 0 Å². The van der Waals surface area contributed by atoms with Gasteiger partial charge in [-0.25, -0.2) is 0 Å². The Morgan fingerprint density at radius 2 is 1.43 bits per heavy atom. The molecule has 0 aromatic carbocycles. The molecule has 0 bridgehead atoms. The van der Waals surface area contributed by atoms with Crippen molar-refractivity contribution in [3.05, 3.63) is 0 Å². The molecule has 0 atom stereocenters. The predicted molar refractivity (Wildman–Crippen MR) is 99.1 cm³/mol. The Kier molecular flexibility index (Phi) is 8.76. The lowest BCUT2D eigenvalue weighted by Gasteiger charge is -2.30. The monoisotopic (exact) mass is 323 g/mol. The first kappa shape index (κ1) is 18.5. The van der Waals surface area contributed by atoms with E-state index in [4.69, 9.17) is 0 Å². The number of rotatable bonds is 8. The average molecular weight is 324 g/mol. The van der Waals surface area contributed by atoms with E-state index in [1.807, 2.05) is 7.05 Å². The first-order valence-corrected chi connectivity index (χ1v) is 9.67. The van der Waals surface area contributed by atoms with Crippen LogP contribution in [0.3, 0.4) is 0 Å². The SMILES string of the molecule is CN=C(NCCCN1CCCC1)NCCCN1CCC(C)CC1. The van der Waals surface area contributed by atoms with Gasteiger partial charge in [0.25, 0.3) is 0 Å². The molecule has 0 saturated carbocycles. The number of hydrogen-bond acceptors (Lipinski definition) is 3. The van der Waals surface area contributed by atoms with Crippen molar-refractivity contribution in [2.75, 3.05) is 59.4 Å². The van der Waals surface area contributed by atoms with Gasteiger partial charge in [-0.3, -0.25) is 4.99 Å². The van der Waals surface area contributed by atoms with Gasteiger partial charge in [0.2, 0.25) is 0 Å². The summed E-state index contributed by atoms with van der Waals surface area (Å²) in [5, 5.41) is 6.88. The maximum atomic E-state index is 4.32. The van der Waals surface area contributed by atoms with E-state index in [1.54, 1.807) is 0 Å². The topological polar surface area (TPSA) is 42.9 Å². The molecule has 0 amide bonds. The second kappa shape index (κ2) is 10.9. The molecular formula is C18H37N5. The van der Waals surface area contributed by atoms with Crippen molar-refractivity contribution in [1.29, 1.82) is 0 Å². The number of hydrogen-bond donors (Lipinski definition) is 2. The van der Waals surface area contributed by atoms with E-state index in [2.05, 4.69) is 32.3 Å². The molecule has 2 heterocycles. The summed E-state index contributed by atoms with van der Waals surface area (Å²) in [4.78, 5) is 9.49. The predicted octanol–water partition coefficient (Wildman–Crippen LogP) is 1.76. The number of guanidine groups is 1. The van der Waals surface area contributed by atoms with Crippen molar-refractivity contribution in [3.8, 4) is 0 Å². The van der Waals surface area contributed by atoms with Crippen LogP contribution >= 0.6 is 0 Å². The zero-order valence-electron chi connectivity index (χ0n) is 15.3. The molecule has 2 saturated heterocycles. The Balaban J connectivity index is 1.46. The van der Waals surface area contributed by atoms with Crippen LogP contribution in [0.25, 0.3) is 0 Å². The molecule has 0 aromatic heterocycles. The number of aliphatic imine (C=N–C) groups is 1. The van der Waals surface area contributed by atoms with E-state index >= 15 is 0 Å². The maximum Gasteiger partial charge on any atom is 0.190 e. The largest absolute Gasteiger partial charge is 0.356 e. The van der Waals surface area contributed by atoms with Crippen molar-refractivity contribution < 1.29 is 0 Å². The summed E-state index contributed by atoms with van der Waals surface area (Å²) < 4.78 is 0. The fourth-order valence-corrected chi connectivity index (χ4v) is 3.53. The summed E-state index contributed by atoms with van der Waals surface area (Å²) in [6, 6.07) is 0. The van der Waals surface area contributed by atoms with Crippen LogP contribution in [0, 0.1) is 5.92 Å². The van der Waals surface area contributed by atoms with E-state index < -0.39 is 0 Å². The first-order valence-electron chi connectivity index (χ1n) is 9.67. The fraction of sp³-hybridized carbons (Fsp3) is 0.944. The zero-order chi connectivity index (χ0) is 16.3. The van der Waals surface area contributed by atoms with Crippen LogP contribution < -0.4 is 10.6 Å². The average Bonchev–Trinajstić information content (AvgIpc) is 3.08. The van der Waals surface area contributed by atoms with Crippen molar-refractivity contribution >= 4 is 5.96 Å². The maximum absolute atomic E-state index is 4.32. The molecule has 134 valence electrons. The van der Waals surface area contributed by atoms with Crippen LogP contribution in [0.2, 0.25) is 0 Å². The van der Waals surface area contributed by atoms with E-state index in [1.165, 1.54) is 77.8 Å². The molecule has 5 nitrogen and oxygen atoms in total. The molecule has 0 spiro atoms. The Hall–Kier alpha value is -0.810. The van der Waals surface area contributed by atoms with Gasteiger partial charge in [-0.1, -0.05) is 6.92 Å². The third-order valence-electron chi connectivity index (χ3n) is 5.19. The Labute approximate surface area is 142 Å². The zero-order valence-corrected chi connectivity index (χ0v) is 15.3. The Morgan fingerprint density at radius 3 is 1.96 bits per heavy atom. The molecule has 2 N–H and O–H groups in total. The van der Waals surface area contributed by atoms with Gasteiger partial charge in [-0.2, -0.15) is 0 Å². The lowest BCUT2D eigenvalue weighted by molar-refractivity contribution is 0.191. The van der Waals surface area contributed by atoms with Crippen LogP contribution in [-0.4, -0.2) is 75.2 Å². The molecule has 0 unspecified atom stereocenters. The molecule has 2 aliphatic heterocycles. The second-order valence-electron chi connectivity index (χ2n) is 7.21. The van der Waals surface area contributed by atoms with Gasteiger partial charge in [0.05, 0.1) is 0 Å². The lowest BCUT2D eigenvalue weighted by Crippen LogP contribution is -2.40. The molecule has 0 aromatic rings. The minimum Gasteiger partial charge on any atom is -0.356 e. The van der Waals surface area contributed by atoms with Crippen molar-refractivity contribution in [2.24, 2.45) is 10.9 Å². The molecule has 2 fully saturated rings. The Morgan fingerprint density at radius 1 is 0.913 bits per heavy atom. The van der Waals surface area contributed by atoms with Crippen LogP contribution in [0.5, 0.6) is 0 Å². The highest BCUT2D eigenvalue weighted by atomic mass is 15.2. The summed E-state index contributed by atoms with van der Waals surface area (Å²) in [5.74, 6) is 1.88. The molecule has 0 aliphatic carbocycles. The van der Waals surface area contributed by atoms with Crippen LogP contribution in [0.4, 0.5) is 0 Å². The highest BCUT2D eigenvalue weighted by molar-refractivity contribution is 5.79. The number of nitrogens with one attached hydrogen (secondary N) is 2. The minimum absolute atomic E-state index is 0.924. The van der Waals surface area contributed by atoms with Crippen molar-refractivity contribution in [3.63, 3.8) is 0 Å². The van der Waals surface area contributed by atoms with E-state index in [-0.39, 0.29) is 0 Å². The fourth-order valence-electron chi connectivity index (χ4n) is 3.53. The van der Waals surface area contributed by atoms with E-state index in [0.29, 0.717) is 0 Å². The third kappa shape index (κ3) is 7.53. The first-order chi connectivity index (χ1) is 11.3. The molecular weight excluding hydrogens is 286 g/mol. The summed E-state index contributed by atoms with van der Waals surface area (Å²) in [6.45, 7) is 12.0. The van der Waals surface area contributed by atoms with Crippen molar-refractivity contribution in [2.45, 2.75) is 45.4 Å². The molecule has 2 aliphatic rings. The lowest BCUT2D eigenvalue weighted by atomic mass is 9.99. The van der Waals surface area contributed by atoms with Gasteiger partial charge < -0.3 is 20.4 Å². The molecule has 23 heavy (non-hydrogen) atoms. The van der Waals surface area contributed by atoms with E-state index in [9.17, 15) is 0 Å². The smallest absolute Gasteiger partial charge is 0.190 e. The van der Waals surface area contributed by atoms with Gasteiger partial charge in [0.15, 0.2) is 5.96 Å². The number of nitrogens with zero attached hydrogens (tertiary/aromatic N) is 3. The second-order valence-corrected chi connectivity index (χ2v) is 7.21. The summed E-state index contributed by atoms with van der Waals surface area (Å²) >= 11 is 0. The van der Waals surface area contributed by atoms with Crippen LogP contribution in [-0.2, 0) is 0 Å². The van der Waals surface area contributed by atoms with Gasteiger partial charge in [-0.05, 0) is 83.7 Å².